The van der Waals surface area contributed by atoms with Crippen LogP contribution >= 0.6 is 0 Å². The molecule has 1 aromatic heterocycles. The average Bonchev–Trinajstić information content (AvgIpc) is 2.74. The van der Waals surface area contributed by atoms with Crippen LogP contribution in [-0.4, -0.2) is 28.8 Å². The molecule has 1 spiro atoms. The van der Waals surface area contributed by atoms with Gasteiger partial charge in [-0.1, -0.05) is 0 Å². The van der Waals surface area contributed by atoms with E-state index in [9.17, 15) is 4.79 Å². The van der Waals surface area contributed by atoms with Crippen molar-refractivity contribution in [1.82, 2.24) is 9.78 Å². The first-order chi connectivity index (χ1) is 6.82. The molecule has 0 radical (unpaired) electrons. The molecule has 2 aliphatic rings. The zero-order valence-corrected chi connectivity index (χ0v) is 7.90. The Bertz CT molecular complexity index is 377. The highest BCUT2D eigenvalue weighted by Crippen LogP contribution is 2.39. The van der Waals surface area contributed by atoms with Crippen molar-refractivity contribution in [3.8, 4) is 0 Å². The van der Waals surface area contributed by atoms with Crippen LogP contribution in [0.15, 0.2) is 12.3 Å². The average molecular weight is 192 g/mol. The van der Waals surface area contributed by atoms with Gasteiger partial charge in [0.15, 0.2) is 5.78 Å². The Kier molecular flexibility index (Phi) is 1.56. The van der Waals surface area contributed by atoms with Gasteiger partial charge in [-0.15, -0.1) is 0 Å². The first kappa shape index (κ1) is 8.17. The molecule has 2 aliphatic heterocycles. The first-order valence-corrected chi connectivity index (χ1v) is 4.97. The Hall–Kier alpha value is -1.16. The van der Waals surface area contributed by atoms with Gasteiger partial charge in [0.2, 0.25) is 0 Å². The van der Waals surface area contributed by atoms with Crippen molar-refractivity contribution in [2.24, 2.45) is 0 Å². The summed E-state index contributed by atoms with van der Waals surface area (Å²) in [7, 11) is 0. The van der Waals surface area contributed by atoms with E-state index in [2.05, 4.69) is 5.10 Å². The third kappa shape index (κ3) is 0.917. The van der Waals surface area contributed by atoms with Gasteiger partial charge in [-0.05, 0) is 18.9 Å². The molecule has 0 bridgehead atoms. The molecule has 0 aliphatic carbocycles. The molecule has 3 rings (SSSR count). The van der Waals surface area contributed by atoms with E-state index in [1.165, 1.54) is 0 Å². The van der Waals surface area contributed by atoms with E-state index in [1.807, 2.05) is 10.7 Å². The fourth-order valence-corrected chi connectivity index (χ4v) is 2.50. The summed E-state index contributed by atoms with van der Waals surface area (Å²) in [6.45, 7) is 1.49. The lowest BCUT2D eigenvalue weighted by molar-refractivity contribution is 0.0196. The summed E-state index contributed by atoms with van der Waals surface area (Å²) in [5.74, 6) is 0.226. The normalized spacial score (nSPS) is 24.1. The van der Waals surface area contributed by atoms with Crippen molar-refractivity contribution in [3.63, 3.8) is 0 Å². The van der Waals surface area contributed by atoms with Gasteiger partial charge in [0, 0.05) is 25.8 Å². The van der Waals surface area contributed by atoms with Gasteiger partial charge in [-0.25, -0.2) is 0 Å². The molecule has 0 amide bonds. The van der Waals surface area contributed by atoms with Crippen LogP contribution in [0.3, 0.4) is 0 Å². The van der Waals surface area contributed by atoms with Crippen LogP contribution in [0, 0.1) is 0 Å². The SMILES string of the molecule is O=C1CC2(CCOCC2)n2nccc21. The highest BCUT2D eigenvalue weighted by Gasteiger charge is 2.44. The topological polar surface area (TPSA) is 44.1 Å². The largest absolute Gasteiger partial charge is 0.381 e. The Morgan fingerprint density at radius 2 is 2.21 bits per heavy atom. The van der Waals surface area contributed by atoms with E-state index in [4.69, 9.17) is 4.74 Å². The number of nitrogens with zero attached hydrogens (tertiary/aromatic N) is 2. The Balaban J connectivity index is 2.07. The van der Waals surface area contributed by atoms with Crippen LogP contribution in [0.4, 0.5) is 0 Å². The van der Waals surface area contributed by atoms with Crippen LogP contribution in [0.2, 0.25) is 0 Å². The summed E-state index contributed by atoms with van der Waals surface area (Å²) >= 11 is 0. The second-order valence-corrected chi connectivity index (χ2v) is 4.06. The summed E-state index contributed by atoms with van der Waals surface area (Å²) in [6.07, 6.45) is 4.14. The van der Waals surface area contributed by atoms with Gasteiger partial charge in [0.25, 0.3) is 0 Å². The summed E-state index contributed by atoms with van der Waals surface area (Å²) in [5, 5.41) is 4.26. The van der Waals surface area contributed by atoms with Gasteiger partial charge in [0.1, 0.15) is 5.69 Å². The number of hydrogen-bond acceptors (Lipinski definition) is 3. The van der Waals surface area contributed by atoms with Crippen LogP contribution in [0.25, 0.3) is 0 Å². The van der Waals surface area contributed by atoms with Crippen molar-refractivity contribution in [1.29, 1.82) is 0 Å². The Labute approximate surface area is 81.9 Å². The maximum Gasteiger partial charge on any atom is 0.183 e. The lowest BCUT2D eigenvalue weighted by Gasteiger charge is -2.33. The monoisotopic (exact) mass is 192 g/mol. The fourth-order valence-electron chi connectivity index (χ4n) is 2.50. The molecule has 0 saturated carbocycles. The van der Waals surface area contributed by atoms with Gasteiger partial charge >= 0.3 is 0 Å². The number of carbonyl (C=O) groups is 1. The second-order valence-electron chi connectivity index (χ2n) is 4.06. The van der Waals surface area contributed by atoms with Gasteiger partial charge in [-0.2, -0.15) is 5.10 Å². The van der Waals surface area contributed by atoms with E-state index < -0.39 is 0 Å². The van der Waals surface area contributed by atoms with E-state index >= 15 is 0 Å². The molecule has 0 unspecified atom stereocenters. The molecule has 1 saturated heterocycles. The molecule has 1 fully saturated rings. The van der Waals surface area contributed by atoms with Gasteiger partial charge in [-0.3, -0.25) is 9.48 Å². The predicted molar refractivity (Wildman–Crippen MR) is 49.2 cm³/mol. The number of rotatable bonds is 0. The minimum atomic E-state index is -0.0613. The summed E-state index contributed by atoms with van der Waals surface area (Å²) in [6, 6.07) is 1.81. The summed E-state index contributed by atoms with van der Waals surface area (Å²) in [5.41, 5.74) is 0.709. The molecule has 1 aromatic rings. The van der Waals surface area contributed by atoms with E-state index in [0.717, 1.165) is 31.7 Å². The summed E-state index contributed by atoms with van der Waals surface area (Å²) < 4.78 is 7.25. The standard InChI is InChI=1S/C10H12N2O2/c13-9-7-10(2-5-14-6-3-10)12-8(9)1-4-11-12/h1,4H,2-3,5-7H2. The number of carbonyl (C=O) groups excluding carboxylic acids is 1. The molecule has 4 heteroatoms. The molecule has 4 nitrogen and oxygen atoms in total. The lowest BCUT2D eigenvalue weighted by Crippen LogP contribution is -2.37. The predicted octanol–water partition coefficient (Wildman–Crippen LogP) is 0.975. The highest BCUT2D eigenvalue weighted by molar-refractivity contribution is 5.97. The van der Waals surface area contributed by atoms with Crippen molar-refractivity contribution < 1.29 is 9.53 Å². The number of aromatic nitrogens is 2. The lowest BCUT2D eigenvalue weighted by atomic mass is 9.88. The Morgan fingerprint density at radius 3 is 3.00 bits per heavy atom. The number of ketones is 1. The third-order valence-electron chi connectivity index (χ3n) is 3.29. The number of ether oxygens (including phenoxy) is 1. The van der Waals surface area contributed by atoms with Crippen molar-refractivity contribution in [2.45, 2.75) is 24.8 Å². The van der Waals surface area contributed by atoms with Gasteiger partial charge < -0.3 is 4.74 Å². The minimum absolute atomic E-state index is 0.0613. The van der Waals surface area contributed by atoms with Crippen molar-refractivity contribution in [2.75, 3.05) is 13.2 Å². The Morgan fingerprint density at radius 1 is 1.43 bits per heavy atom. The third-order valence-corrected chi connectivity index (χ3v) is 3.29. The van der Waals surface area contributed by atoms with Crippen LogP contribution in [0.5, 0.6) is 0 Å². The first-order valence-electron chi connectivity index (χ1n) is 4.97. The molecule has 0 atom stereocenters. The van der Waals surface area contributed by atoms with Gasteiger partial charge in [0.05, 0.1) is 5.54 Å². The smallest absolute Gasteiger partial charge is 0.183 e. The van der Waals surface area contributed by atoms with E-state index in [-0.39, 0.29) is 11.3 Å². The van der Waals surface area contributed by atoms with Crippen LogP contribution < -0.4 is 0 Å². The molecular weight excluding hydrogens is 180 g/mol. The number of fused-ring (bicyclic) bond motifs is 2. The number of Topliss-reactive ketones (excluding diaryl/α,β-unsaturated/α-hetero) is 1. The molecule has 14 heavy (non-hydrogen) atoms. The fraction of sp³-hybridized carbons (Fsp3) is 0.600. The molecular formula is C10H12N2O2. The quantitative estimate of drug-likeness (QED) is 0.615. The highest BCUT2D eigenvalue weighted by atomic mass is 16.5. The second kappa shape index (κ2) is 2.67. The zero-order valence-electron chi connectivity index (χ0n) is 7.90. The zero-order chi connectivity index (χ0) is 9.60. The summed E-state index contributed by atoms with van der Waals surface area (Å²) in [4.78, 5) is 11.7. The molecule has 74 valence electrons. The maximum absolute atomic E-state index is 11.7. The maximum atomic E-state index is 11.7. The molecule has 3 heterocycles. The van der Waals surface area contributed by atoms with Crippen molar-refractivity contribution >= 4 is 5.78 Å². The van der Waals surface area contributed by atoms with Crippen LogP contribution in [-0.2, 0) is 10.3 Å². The molecule has 0 aromatic carbocycles. The van der Waals surface area contributed by atoms with Crippen molar-refractivity contribution in [3.05, 3.63) is 18.0 Å². The van der Waals surface area contributed by atoms with Crippen LogP contribution in [0.1, 0.15) is 29.8 Å². The minimum Gasteiger partial charge on any atom is -0.381 e. The van der Waals surface area contributed by atoms with E-state index in [0.29, 0.717) is 6.42 Å². The van der Waals surface area contributed by atoms with E-state index in [1.54, 1.807) is 6.20 Å². The molecule has 0 N–H and O–H groups in total. The number of hydrogen-bond donors (Lipinski definition) is 0.